The molecule has 5 nitrogen and oxygen atoms in total. The second-order valence-electron chi connectivity index (χ2n) is 4.16. The van der Waals surface area contributed by atoms with E-state index in [0.29, 0.717) is 6.54 Å². The summed E-state index contributed by atoms with van der Waals surface area (Å²) in [5.41, 5.74) is 0. The molecule has 0 saturated heterocycles. The van der Waals surface area contributed by atoms with Crippen LogP contribution in [0.3, 0.4) is 0 Å². The summed E-state index contributed by atoms with van der Waals surface area (Å²) in [7, 11) is 0.188. The van der Waals surface area contributed by atoms with Gasteiger partial charge in [0.05, 0.1) is 18.8 Å². The van der Waals surface area contributed by atoms with Crippen LogP contribution < -0.4 is 0 Å². The summed E-state index contributed by atoms with van der Waals surface area (Å²) in [5, 5.41) is 0. The minimum Gasteiger partial charge on any atom is -0.469 e. The highest BCUT2D eigenvalue weighted by molar-refractivity contribution is 7.90. The Hall–Kier alpha value is -0.620. The Balaban J connectivity index is 4.28. The number of methoxy groups -OCH3 is 1. The molecular formula is C10H21NO4S. The van der Waals surface area contributed by atoms with Crippen LogP contribution in [-0.4, -0.2) is 58.0 Å². The number of carbonyl (C=O) groups is 1. The molecule has 0 aliphatic carbocycles. The van der Waals surface area contributed by atoms with E-state index in [1.807, 2.05) is 11.8 Å². The summed E-state index contributed by atoms with van der Waals surface area (Å²) >= 11 is 0. The standard InChI is InChI=1S/C10H21NO4S/c1-8(10(12)15-4)9(2)11(3)6-7-16(5,13)14/h8-9H,6-7H2,1-5H3. The van der Waals surface area contributed by atoms with Crippen molar-refractivity contribution in [1.82, 2.24) is 4.90 Å². The summed E-state index contributed by atoms with van der Waals surface area (Å²) in [6.07, 6.45) is 1.20. The molecule has 0 N–H and O–H groups in total. The number of rotatable bonds is 6. The average molecular weight is 251 g/mol. The van der Waals surface area contributed by atoms with E-state index in [9.17, 15) is 13.2 Å². The van der Waals surface area contributed by atoms with E-state index in [0.717, 1.165) is 0 Å². The molecule has 0 spiro atoms. The van der Waals surface area contributed by atoms with Crippen LogP contribution in [0, 0.1) is 5.92 Å². The lowest BCUT2D eigenvalue weighted by Crippen LogP contribution is -2.40. The fourth-order valence-electron chi connectivity index (χ4n) is 1.28. The van der Waals surface area contributed by atoms with Gasteiger partial charge in [0, 0.05) is 18.8 Å². The minimum atomic E-state index is -2.96. The van der Waals surface area contributed by atoms with Crippen molar-refractivity contribution in [3.8, 4) is 0 Å². The van der Waals surface area contributed by atoms with Gasteiger partial charge in [-0.3, -0.25) is 4.79 Å². The second-order valence-corrected chi connectivity index (χ2v) is 6.42. The number of sulfone groups is 1. The molecule has 16 heavy (non-hydrogen) atoms. The molecule has 0 amide bonds. The number of ether oxygens (including phenoxy) is 1. The maximum atomic E-state index is 11.3. The summed E-state index contributed by atoms with van der Waals surface area (Å²) in [5.74, 6) is -0.449. The van der Waals surface area contributed by atoms with Crippen molar-refractivity contribution < 1.29 is 17.9 Å². The maximum Gasteiger partial charge on any atom is 0.309 e. The molecule has 0 saturated carbocycles. The Kier molecular flexibility index (Phi) is 5.96. The number of nitrogens with zero attached hydrogens (tertiary/aromatic N) is 1. The van der Waals surface area contributed by atoms with Crippen molar-refractivity contribution in [1.29, 1.82) is 0 Å². The molecule has 0 aromatic carbocycles. The zero-order valence-electron chi connectivity index (χ0n) is 10.6. The highest BCUT2D eigenvalue weighted by atomic mass is 32.2. The smallest absolute Gasteiger partial charge is 0.309 e. The van der Waals surface area contributed by atoms with Crippen LogP contribution in [0.2, 0.25) is 0 Å². The molecule has 0 aliphatic heterocycles. The molecule has 6 heteroatoms. The van der Waals surface area contributed by atoms with Crippen molar-refractivity contribution in [2.75, 3.05) is 32.7 Å². The Morgan fingerprint density at radius 1 is 1.38 bits per heavy atom. The third-order valence-corrected chi connectivity index (χ3v) is 3.73. The molecular weight excluding hydrogens is 230 g/mol. The molecule has 0 rings (SSSR count). The van der Waals surface area contributed by atoms with Gasteiger partial charge in [-0.05, 0) is 14.0 Å². The quantitative estimate of drug-likeness (QED) is 0.629. The lowest BCUT2D eigenvalue weighted by atomic mass is 10.0. The van der Waals surface area contributed by atoms with E-state index in [1.54, 1.807) is 14.0 Å². The van der Waals surface area contributed by atoms with Crippen molar-refractivity contribution in [3.05, 3.63) is 0 Å². The topological polar surface area (TPSA) is 63.7 Å². The van der Waals surface area contributed by atoms with Crippen molar-refractivity contribution in [2.45, 2.75) is 19.9 Å². The van der Waals surface area contributed by atoms with E-state index in [1.165, 1.54) is 13.4 Å². The maximum absolute atomic E-state index is 11.3. The van der Waals surface area contributed by atoms with Crippen LogP contribution in [0.1, 0.15) is 13.8 Å². The normalized spacial score (nSPS) is 15.9. The van der Waals surface area contributed by atoms with Crippen LogP contribution in [-0.2, 0) is 19.4 Å². The van der Waals surface area contributed by atoms with Gasteiger partial charge in [0.15, 0.2) is 0 Å². The molecule has 0 bridgehead atoms. The first-order valence-electron chi connectivity index (χ1n) is 5.15. The first kappa shape index (κ1) is 15.4. The fourth-order valence-corrected chi connectivity index (χ4v) is 1.90. The first-order valence-corrected chi connectivity index (χ1v) is 7.21. The van der Waals surface area contributed by atoms with E-state index in [4.69, 9.17) is 0 Å². The fraction of sp³-hybridized carbons (Fsp3) is 0.900. The van der Waals surface area contributed by atoms with Gasteiger partial charge >= 0.3 is 5.97 Å². The first-order chi connectivity index (χ1) is 7.19. The highest BCUT2D eigenvalue weighted by Gasteiger charge is 2.24. The van der Waals surface area contributed by atoms with Gasteiger partial charge in [-0.1, -0.05) is 6.92 Å². The minimum absolute atomic E-state index is 0.0470. The van der Waals surface area contributed by atoms with Crippen molar-refractivity contribution in [3.63, 3.8) is 0 Å². The van der Waals surface area contributed by atoms with E-state index in [2.05, 4.69) is 4.74 Å². The lowest BCUT2D eigenvalue weighted by molar-refractivity contribution is -0.146. The third-order valence-electron chi connectivity index (χ3n) is 2.81. The Labute approximate surface area is 97.7 Å². The van der Waals surface area contributed by atoms with Gasteiger partial charge < -0.3 is 9.64 Å². The van der Waals surface area contributed by atoms with E-state index >= 15 is 0 Å². The molecule has 0 aromatic rings. The Morgan fingerprint density at radius 3 is 2.25 bits per heavy atom. The number of carbonyl (C=O) groups excluding carboxylic acids is 1. The number of esters is 1. The molecule has 0 aliphatic rings. The highest BCUT2D eigenvalue weighted by Crippen LogP contribution is 2.10. The second kappa shape index (κ2) is 6.20. The largest absolute Gasteiger partial charge is 0.469 e. The summed E-state index contributed by atoms with van der Waals surface area (Å²) in [4.78, 5) is 13.1. The zero-order valence-corrected chi connectivity index (χ0v) is 11.4. The SMILES string of the molecule is COC(=O)C(C)C(C)N(C)CCS(C)(=O)=O. The molecule has 0 radical (unpaired) electrons. The molecule has 96 valence electrons. The predicted molar refractivity (Wildman–Crippen MR) is 63.0 cm³/mol. The van der Waals surface area contributed by atoms with Crippen molar-refractivity contribution >= 4 is 15.8 Å². The van der Waals surface area contributed by atoms with Gasteiger partial charge in [0.25, 0.3) is 0 Å². The summed E-state index contributed by atoms with van der Waals surface area (Å²) < 4.78 is 26.6. The molecule has 0 aromatic heterocycles. The van der Waals surface area contributed by atoms with Crippen LogP contribution in [0.4, 0.5) is 0 Å². The molecule has 2 atom stereocenters. The van der Waals surface area contributed by atoms with Gasteiger partial charge in [0.2, 0.25) is 0 Å². The third kappa shape index (κ3) is 5.46. The van der Waals surface area contributed by atoms with Crippen LogP contribution in [0.5, 0.6) is 0 Å². The van der Waals surface area contributed by atoms with Gasteiger partial charge in [0.1, 0.15) is 9.84 Å². The average Bonchev–Trinajstić information content (AvgIpc) is 2.21. The predicted octanol–water partition coefficient (Wildman–Crippen LogP) is 0.160. The van der Waals surface area contributed by atoms with Gasteiger partial charge in [-0.2, -0.15) is 0 Å². The van der Waals surface area contributed by atoms with Gasteiger partial charge in [-0.15, -0.1) is 0 Å². The molecule has 0 fully saturated rings. The molecule has 0 heterocycles. The van der Waals surface area contributed by atoms with Crippen LogP contribution in [0.25, 0.3) is 0 Å². The van der Waals surface area contributed by atoms with Crippen molar-refractivity contribution in [2.24, 2.45) is 5.92 Å². The number of hydrogen-bond donors (Lipinski definition) is 0. The summed E-state index contributed by atoms with van der Waals surface area (Å²) in [6.45, 7) is 4.07. The lowest BCUT2D eigenvalue weighted by Gasteiger charge is -2.27. The Bertz CT molecular complexity index is 326. The van der Waals surface area contributed by atoms with Crippen LogP contribution in [0.15, 0.2) is 0 Å². The summed E-state index contributed by atoms with van der Waals surface area (Å²) in [6, 6.07) is -0.0470. The monoisotopic (exact) mass is 251 g/mol. The molecule has 2 unspecified atom stereocenters. The van der Waals surface area contributed by atoms with Gasteiger partial charge in [-0.25, -0.2) is 8.42 Å². The van der Waals surface area contributed by atoms with E-state index in [-0.39, 0.29) is 23.7 Å². The van der Waals surface area contributed by atoms with Crippen LogP contribution >= 0.6 is 0 Å². The zero-order chi connectivity index (χ0) is 12.9. The Morgan fingerprint density at radius 2 is 1.88 bits per heavy atom. The number of hydrogen-bond acceptors (Lipinski definition) is 5. The van der Waals surface area contributed by atoms with E-state index < -0.39 is 9.84 Å².